The van der Waals surface area contributed by atoms with Crippen LogP contribution in [-0.2, 0) is 6.42 Å². The fourth-order valence-corrected chi connectivity index (χ4v) is 3.33. The minimum absolute atomic E-state index is 0.316. The van der Waals surface area contributed by atoms with Gasteiger partial charge < -0.3 is 5.73 Å². The molecule has 0 saturated heterocycles. The van der Waals surface area contributed by atoms with E-state index in [-0.39, 0.29) is 5.91 Å². The first-order valence-electron chi connectivity index (χ1n) is 7.05. The summed E-state index contributed by atoms with van der Waals surface area (Å²) in [5, 5.41) is 0. The van der Waals surface area contributed by atoms with Gasteiger partial charge in [0.05, 0.1) is 4.88 Å². The number of nitrogens with two attached hydrogens (primary N) is 1. The highest BCUT2D eigenvalue weighted by atomic mass is 32.1. The molecule has 1 heterocycles. The summed E-state index contributed by atoms with van der Waals surface area (Å²) in [5.74, 6) is 0.215. The predicted molar refractivity (Wildman–Crippen MR) is 86.4 cm³/mol. The Bertz CT molecular complexity index is 596. The van der Waals surface area contributed by atoms with Gasteiger partial charge >= 0.3 is 0 Å². The molecule has 0 spiro atoms. The Morgan fingerprint density at radius 1 is 1.25 bits per heavy atom. The SMILES string of the molecule is CCCc1cc(-c2ccc(C(C)C)cc2)sc1C(N)=O. The first-order chi connectivity index (χ1) is 9.52. The van der Waals surface area contributed by atoms with Gasteiger partial charge in [0.2, 0.25) is 0 Å². The van der Waals surface area contributed by atoms with Crippen LogP contribution in [0.2, 0.25) is 0 Å². The van der Waals surface area contributed by atoms with Crippen molar-refractivity contribution in [2.75, 3.05) is 0 Å². The Hall–Kier alpha value is -1.61. The highest BCUT2D eigenvalue weighted by molar-refractivity contribution is 7.17. The number of benzene rings is 1. The van der Waals surface area contributed by atoms with Gasteiger partial charge in [-0.2, -0.15) is 0 Å². The van der Waals surface area contributed by atoms with Gasteiger partial charge in [-0.3, -0.25) is 4.79 Å². The summed E-state index contributed by atoms with van der Waals surface area (Å²) in [4.78, 5) is 13.3. The lowest BCUT2D eigenvalue weighted by atomic mass is 10.0. The van der Waals surface area contributed by atoms with Crippen LogP contribution in [0.3, 0.4) is 0 Å². The van der Waals surface area contributed by atoms with Gasteiger partial charge in [0.1, 0.15) is 0 Å². The molecule has 106 valence electrons. The first kappa shape index (κ1) is 14.8. The number of amides is 1. The highest BCUT2D eigenvalue weighted by Gasteiger charge is 2.14. The van der Waals surface area contributed by atoms with Gasteiger partial charge in [-0.05, 0) is 35.1 Å². The molecule has 1 aromatic heterocycles. The standard InChI is InChI=1S/C17H21NOS/c1-4-5-14-10-15(20-16(14)17(18)19)13-8-6-12(7-9-13)11(2)3/h6-11H,4-5H2,1-3H3,(H2,18,19). The van der Waals surface area contributed by atoms with Crippen molar-refractivity contribution < 1.29 is 4.79 Å². The summed E-state index contributed by atoms with van der Waals surface area (Å²) in [6.45, 7) is 6.48. The fraction of sp³-hybridized carbons (Fsp3) is 0.353. The molecule has 1 amide bonds. The number of carbonyl (C=O) groups is 1. The van der Waals surface area contributed by atoms with E-state index in [0.717, 1.165) is 28.8 Å². The predicted octanol–water partition coefficient (Wildman–Crippen LogP) is 4.59. The first-order valence-corrected chi connectivity index (χ1v) is 7.87. The molecule has 0 saturated carbocycles. The van der Waals surface area contributed by atoms with Crippen molar-refractivity contribution in [2.45, 2.75) is 39.5 Å². The maximum Gasteiger partial charge on any atom is 0.259 e. The lowest BCUT2D eigenvalue weighted by Crippen LogP contribution is -2.10. The van der Waals surface area contributed by atoms with Crippen molar-refractivity contribution in [3.63, 3.8) is 0 Å². The van der Waals surface area contributed by atoms with Crippen LogP contribution in [0.15, 0.2) is 30.3 Å². The minimum atomic E-state index is -0.316. The van der Waals surface area contributed by atoms with Gasteiger partial charge in [0, 0.05) is 4.88 Å². The van der Waals surface area contributed by atoms with Crippen LogP contribution in [0, 0.1) is 0 Å². The summed E-state index contributed by atoms with van der Waals surface area (Å²) in [7, 11) is 0. The van der Waals surface area contributed by atoms with Crippen LogP contribution in [-0.4, -0.2) is 5.91 Å². The van der Waals surface area contributed by atoms with Crippen LogP contribution in [0.25, 0.3) is 10.4 Å². The van der Waals surface area contributed by atoms with E-state index in [1.165, 1.54) is 16.9 Å². The Balaban J connectivity index is 2.37. The largest absolute Gasteiger partial charge is 0.365 e. The zero-order valence-electron chi connectivity index (χ0n) is 12.3. The number of hydrogen-bond donors (Lipinski definition) is 1. The normalized spacial score (nSPS) is 11.0. The fourth-order valence-electron chi connectivity index (χ4n) is 2.27. The molecule has 1 aromatic carbocycles. The van der Waals surface area contributed by atoms with Crippen molar-refractivity contribution in [1.82, 2.24) is 0 Å². The maximum absolute atomic E-state index is 11.5. The van der Waals surface area contributed by atoms with Gasteiger partial charge in [-0.25, -0.2) is 0 Å². The Morgan fingerprint density at radius 2 is 1.90 bits per heavy atom. The molecule has 2 aromatic rings. The summed E-state index contributed by atoms with van der Waals surface area (Å²) < 4.78 is 0. The molecule has 3 heteroatoms. The second-order valence-corrected chi connectivity index (χ2v) is 6.41. The lowest BCUT2D eigenvalue weighted by Gasteiger charge is -2.05. The highest BCUT2D eigenvalue weighted by Crippen LogP contribution is 2.32. The Kier molecular flexibility index (Phi) is 4.61. The molecule has 2 nitrogen and oxygen atoms in total. The third-order valence-electron chi connectivity index (χ3n) is 3.41. The summed E-state index contributed by atoms with van der Waals surface area (Å²) in [6, 6.07) is 10.7. The zero-order chi connectivity index (χ0) is 14.7. The molecular weight excluding hydrogens is 266 g/mol. The molecule has 2 N–H and O–H groups in total. The molecular formula is C17H21NOS. The Labute approximate surface area is 124 Å². The molecule has 0 radical (unpaired) electrons. The van der Waals surface area contributed by atoms with E-state index in [0.29, 0.717) is 10.8 Å². The van der Waals surface area contributed by atoms with Crippen LogP contribution in [0.1, 0.15) is 53.9 Å². The average Bonchev–Trinajstić information content (AvgIpc) is 2.83. The number of aryl methyl sites for hydroxylation is 1. The van der Waals surface area contributed by atoms with Gasteiger partial charge in [0.15, 0.2) is 0 Å². The number of thiophene rings is 1. The summed E-state index contributed by atoms with van der Waals surface area (Å²) >= 11 is 1.50. The zero-order valence-corrected chi connectivity index (χ0v) is 13.1. The molecule has 20 heavy (non-hydrogen) atoms. The van der Waals surface area contributed by atoms with E-state index in [9.17, 15) is 4.79 Å². The van der Waals surface area contributed by atoms with Crippen LogP contribution in [0.5, 0.6) is 0 Å². The van der Waals surface area contributed by atoms with Gasteiger partial charge in [-0.1, -0.05) is 51.5 Å². The van der Waals surface area contributed by atoms with Gasteiger partial charge in [-0.15, -0.1) is 11.3 Å². The summed E-state index contributed by atoms with van der Waals surface area (Å²) in [5.41, 5.74) is 9.03. The second-order valence-electron chi connectivity index (χ2n) is 5.36. The van der Waals surface area contributed by atoms with E-state index >= 15 is 0 Å². The molecule has 0 aliphatic rings. The number of carbonyl (C=O) groups excluding carboxylic acids is 1. The quantitative estimate of drug-likeness (QED) is 0.858. The van der Waals surface area contributed by atoms with E-state index in [4.69, 9.17) is 5.73 Å². The number of rotatable bonds is 5. The maximum atomic E-state index is 11.5. The number of hydrogen-bond acceptors (Lipinski definition) is 2. The second kappa shape index (κ2) is 6.23. The van der Waals surface area contributed by atoms with Crippen LogP contribution in [0.4, 0.5) is 0 Å². The lowest BCUT2D eigenvalue weighted by molar-refractivity contribution is 0.100. The van der Waals surface area contributed by atoms with E-state index in [2.05, 4.69) is 51.1 Å². The third-order valence-corrected chi connectivity index (χ3v) is 4.65. The Morgan fingerprint density at radius 3 is 2.40 bits per heavy atom. The van der Waals surface area contributed by atoms with Crippen molar-refractivity contribution in [2.24, 2.45) is 5.73 Å². The van der Waals surface area contributed by atoms with E-state index in [1.807, 2.05) is 0 Å². The molecule has 2 rings (SSSR count). The average molecular weight is 287 g/mol. The summed E-state index contributed by atoms with van der Waals surface area (Å²) in [6.07, 6.45) is 1.92. The minimum Gasteiger partial charge on any atom is -0.365 e. The van der Waals surface area contributed by atoms with Crippen molar-refractivity contribution in [1.29, 1.82) is 0 Å². The molecule has 0 fully saturated rings. The smallest absolute Gasteiger partial charge is 0.259 e. The molecule has 0 bridgehead atoms. The van der Waals surface area contributed by atoms with Crippen molar-refractivity contribution in [3.8, 4) is 10.4 Å². The molecule has 0 unspecified atom stereocenters. The molecule has 0 aliphatic carbocycles. The van der Waals surface area contributed by atoms with Crippen LogP contribution >= 0.6 is 11.3 Å². The number of primary amides is 1. The third kappa shape index (κ3) is 3.10. The van der Waals surface area contributed by atoms with E-state index < -0.39 is 0 Å². The van der Waals surface area contributed by atoms with Crippen molar-refractivity contribution in [3.05, 3.63) is 46.3 Å². The topological polar surface area (TPSA) is 43.1 Å². The monoisotopic (exact) mass is 287 g/mol. The van der Waals surface area contributed by atoms with Crippen LogP contribution < -0.4 is 5.73 Å². The molecule has 0 atom stereocenters. The van der Waals surface area contributed by atoms with Gasteiger partial charge in [0.25, 0.3) is 5.91 Å². The molecule has 0 aliphatic heterocycles. The van der Waals surface area contributed by atoms with Crippen molar-refractivity contribution >= 4 is 17.2 Å². The van der Waals surface area contributed by atoms with E-state index in [1.54, 1.807) is 0 Å².